The average molecular weight is 444 g/mol. The average Bonchev–Trinajstić information content (AvgIpc) is 3.02. The van der Waals surface area contributed by atoms with Crippen LogP contribution in [0.2, 0.25) is 0 Å². The molecular weight excluding hydrogens is 414 g/mol. The number of carbonyl (C=O) groups excluding carboxylic acids is 3. The molecule has 1 aliphatic rings. The van der Waals surface area contributed by atoms with E-state index in [1.54, 1.807) is 6.92 Å². The summed E-state index contributed by atoms with van der Waals surface area (Å²) in [6.07, 6.45) is 0.754. The fourth-order valence-corrected chi connectivity index (χ4v) is 4.50. The smallest absolute Gasteiger partial charge is 0.325 e. The Morgan fingerprint density at radius 3 is 2.36 bits per heavy atom. The van der Waals surface area contributed by atoms with Crippen molar-refractivity contribution >= 4 is 28.6 Å². The number of nitrogens with zero attached hydrogens (tertiary/aromatic N) is 1. The van der Waals surface area contributed by atoms with Gasteiger partial charge in [-0.1, -0.05) is 86.6 Å². The van der Waals surface area contributed by atoms with Gasteiger partial charge in [0.2, 0.25) is 5.91 Å². The molecule has 33 heavy (non-hydrogen) atoms. The van der Waals surface area contributed by atoms with Crippen molar-refractivity contribution in [2.75, 3.05) is 6.54 Å². The zero-order chi connectivity index (χ0) is 23.6. The molecule has 1 heterocycles. The Bertz CT molecular complexity index is 1190. The summed E-state index contributed by atoms with van der Waals surface area (Å²) in [6.45, 7) is 5.55. The highest BCUT2D eigenvalue weighted by Gasteiger charge is 2.50. The number of carbonyl (C=O) groups is 3. The summed E-state index contributed by atoms with van der Waals surface area (Å²) < 4.78 is 0. The van der Waals surface area contributed by atoms with Gasteiger partial charge in [0.25, 0.3) is 5.91 Å². The third-order valence-corrected chi connectivity index (χ3v) is 6.15. The van der Waals surface area contributed by atoms with Gasteiger partial charge in [0.05, 0.1) is 6.04 Å². The van der Waals surface area contributed by atoms with Crippen LogP contribution in [0.15, 0.2) is 72.8 Å². The second-order valence-corrected chi connectivity index (χ2v) is 9.13. The summed E-state index contributed by atoms with van der Waals surface area (Å²) in [4.78, 5) is 40.1. The van der Waals surface area contributed by atoms with Gasteiger partial charge in [-0.25, -0.2) is 4.79 Å². The molecule has 4 amide bonds. The maximum absolute atomic E-state index is 13.4. The largest absolute Gasteiger partial charge is 0.348 e. The molecule has 0 saturated carbocycles. The molecule has 0 aliphatic carbocycles. The molecular formula is C27H29N3O3. The van der Waals surface area contributed by atoms with Gasteiger partial charge in [-0.2, -0.15) is 0 Å². The van der Waals surface area contributed by atoms with Crippen LogP contribution in [0.3, 0.4) is 0 Å². The number of amides is 4. The maximum atomic E-state index is 13.4. The summed E-state index contributed by atoms with van der Waals surface area (Å²) in [6, 6.07) is 22.4. The molecule has 3 aromatic rings. The minimum Gasteiger partial charge on any atom is -0.348 e. The molecule has 0 bridgehead atoms. The predicted molar refractivity (Wildman–Crippen MR) is 128 cm³/mol. The first-order valence-electron chi connectivity index (χ1n) is 11.3. The predicted octanol–water partition coefficient (Wildman–Crippen LogP) is 4.51. The number of urea groups is 1. The van der Waals surface area contributed by atoms with Crippen LogP contribution in [0, 0.1) is 5.92 Å². The summed E-state index contributed by atoms with van der Waals surface area (Å²) in [5.74, 6) is -0.434. The van der Waals surface area contributed by atoms with Crippen molar-refractivity contribution in [2.24, 2.45) is 5.92 Å². The van der Waals surface area contributed by atoms with E-state index < -0.39 is 17.5 Å². The molecule has 2 unspecified atom stereocenters. The van der Waals surface area contributed by atoms with Crippen LogP contribution in [-0.2, 0) is 15.1 Å². The third-order valence-electron chi connectivity index (χ3n) is 6.15. The van der Waals surface area contributed by atoms with Gasteiger partial charge in [-0.3, -0.25) is 14.5 Å². The highest BCUT2D eigenvalue weighted by Crippen LogP contribution is 2.33. The van der Waals surface area contributed by atoms with E-state index in [9.17, 15) is 14.4 Å². The molecule has 1 saturated heterocycles. The van der Waals surface area contributed by atoms with Crippen molar-refractivity contribution in [3.8, 4) is 0 Å². The molecule has 3 aromatic carbocycles. The van der Waals surface area contributed by atoms with Gasteiger partial charge in [0, 0.05) is 0 Å². The van der Waals surface area contributed by atoms with Crippen LogP contribution < -0.4 is 10.6 Å². The van der Waals surface area contributed by atoms with E-state index >= 15 is 0 Å². The van der Waals surface area contributed by atoms with E-state index in [1.807, 2.05) is 72.8 Å². The normalized spacial score (nSPS) is 19.1. The summed E-state index contributed by atoms with van der Waals surface area (Å²) >= 11 is 0. The van der Waals surface area contributed by atoms with Crippen molar-refractivity contribution in [1.82, 2.24) is 15.5 Å². The van der Waals surface area contributed by atoms with E-state index in [-0.39, 0.29) is 18.5 Å². The van der Waals surface area contributed by atoms with Crippen molar-refractivity contribution in [1.29, 1.82) is 0 Å². The highest BCUT2D eigenvalue weighted by molar-refractivity contribution is 6.10. The van der Waals surface area contributed by atoms with Gasteiger partial charge in [0.15, 0.2) is 0 Å². The molecule has 0 radical (unpaired) electrons. The van der Waals surface area contributed by atoms with Crippen LogP contribution in [0.4, 0.5) is 4.79 Å². The molecule has 2 N–H and O–H groups in total. The number of imide groups is 1. The molecule has 6 nitrogen and oxygen atoms in total. The lowest BCUT2D eigenvalue weighted by atomic mass is 9.88. The quantitative estimate of drug-likeness (QED) is 0.528. The minimum absolute atomic E-state index is 0.191. The summed E-state index contributed by atoms with van der Waals surface area (Å²) in [5, 5.41) is 7.71. The molecule has 0 spiro atoms. The lowest BCUT2D eigenvalue weighted by molar-refractivity contribution is -0.135. The number of fused-ring (bicyclic) bond motifs is 1. The Morgan fingerprint density at radius 1 is 0.970 bits per heavy atom. The number of hydrogen-bond donors (Lipinski definition) is 2. The van der Waals surface area contributed by atoms with Crippen molar-refractivity contribution in [3.05, 3.63) is 83.9 Å². The number of benzene rings is 3. The van der Waals surface area contributed by atoms with Crippen LogP contribution in [0.5, 0.6) is 0 Å². The van der Waals surface area contributed by atoms with Crippen molar-refractivity contribution in [2.45, 2.75) is 38.8 Å². The molecule has 6 heteroatoms. The summed E-state index contributed by atoms with van der Waals surface area (Å²) in [7, 11) is 0. The fraction of sp³-hybridized carbons (Fsp3) is 0.296. The van der Waals surface area contributed by atoms with E-state index in [0.29, 0.717) is 11.5 Å². The molecule has 0 aromatic heterocycles. The first-order chi connectivity index (χ1) is 15.8. The van der Waals surface area contributed by atoms with Crippen LogP contribution in [-0.4, -0.2) is 29.3 Å². The SMILES string of the molecule is CC(C)CC(NC(=O)CN1C(=O)NC(C)(c2cccc3ccccc23)C1=O)c1ccccc1. The number of rotatable bonds is 7. The lowest BCUT2D eigenvalue weighted by Gasteiger charge is -2.24. The Morgan fingerprint density at radius 2 is 1.64 bits per heavy atom. The Balaban J connectivity index is 1.54. The Kier molecular flexibility index (Phi) is 6.18. The van der Waals surface area contributed by atoms with Crippen molar-refractivity contribution in [3.63, 3.8) is 0 Å². The zero-order valence-electron chi connectivity index (χ0n) is 19.2. The Hall–Kier alpha value is -3.67. The van der Waals surface area contributed by atoms with Crippen LogP contribution in [0.1, 0.15) is 44.4 Å². The van der Waals surface area contributed by atoms with Crippen LogP contribution >= 0.6 is 0 Å². The van der Waals surface area contributed by atoms with Gasteiger partial charge in [-0.15, -0.1) is 0 Å². The second kappa shape index (κ2) is 9.06. The van der Waals surface area contributed by atoms with Gasteiger partial charge in [-0.05, 0) is 41.2 Å². The van der Waals surface area contributed by atoms with Gasteiger partial charge < -0.3 is 10.6 Å². The molecule has 4 rings (SSSR count). The zero-order valence-corrected chi connectivity index (χ0v) is 19.2. The van der Waals surface area contributed by atoms with E-state index in [0.717, 1.165) is 27.7 Å². The molecule has 170 valence electrons. The number of hydrogen-bond acceptors (Lipinski definition) is 3. The minimum atomic E-state index is -1.24. The van der Waals surface area contributed by atoms with Crippen molar-refractivity contribution < 1.29 is 14.4 Å². The van der Waals surface area contributed by atoms with E-state index in [4.69, 9.17) is 0 Å². The monoisotopic (exact) mass is 443 g/mol. The van der Waals surface area contributed by atoms with E-state index in [2.05, 4.69) is 24.5 Å². The molecule has 2 atom stereocenters. The topological polar surface area (TPSA) is 78.5 Å². The number of nitrogens with one attached hydrogen (secondary N) is 2. The van der Waals surface area contributed by atoms with Crippen LogP contribution in [0.25, 0.3) is 10.8 Å². The molecule has 1 aliphatic heterocycles. The molecule has 1 fully saturated rings. The first kappa shape index (κ1) is 22.5. The highest BCUT2D eigenvalue weighted by atomic mass is 16.2. The van der Waals surface area contributed by atoms with E-state index in [1.165, 1.54) is 0 Å². The maximum Gasteiger partial charge on any atom is 0.325 e. The van der Waals surface area contributed by atoms with Gasteiger partial charge >= 0.3 is 6.03 Å². The van der Waals surface area contributed by atoms with Gasteiger partial charge in [0.1, 0.15) is 12.1 Å². The third kappa shape index (κ3) is 4.46. The summed E-state index contributed by atoms with van der Waals surface area (Å²) in [5.41, 5.74) is 0.468. The lowest BCUT2D eigenvalue weighted by Crippen LogP contribution is -2.44. The second-order valence-electron chi connectivity index (χ2n) is 9.13. The first-order valence-corrected chi connectivity index (χ1v) is 11.3. The Labute approximate surface area is 194 Å². The fourth-order valence-electron chi connectivity index (χ4n) is 4.50. The standard InChI is InChI=1S/C27H29N3O3/c1-18(2)16-23(20-11-5-4-6-12-20)28-24(31)17-30-25(32)27(3,29-26(30)33)22-15-9-13-19-10-7-8-14-21(19)22/h4-15,18,23H,16-17H2,1-3H3,(H,28,31)(H,29,33).